The molecule has 0 unspecified atom stereocenters. The second-order valence-corrected chi connectivity index (χ2v) is 4.15. The minimum atomic E-state index is -0.859. The molecule has 0 aromatic heterocycles. The van der Waals surface area contributed by atoms with Crippen LogP contribution in [-0.2, 0) is 0 Å². The molecule has 1 aromatic rings. The van der Waals surface area contributed by atoms with Crippen molar-refractivity contribution in [2.45, 2.75) is 12.8 Å². The van der Waals surface area contributed by atoms with Crippen LogP contribution in [0.2, 0.25) is 0 Å². The van der Waals surface area contributed by atoms with Gasteiger partial charge in [-0.05, 0) is 24.8 Å². The average Bonchev–Trinajstić information content (AvgIpc) is 3.09. The Morgan fingerprint density at radius 3 is 2.71 bits per heavy atom. The number of carbonyl (C=O) groups is 1. The molecule has 1 aliphatic rings. The molecule has 17 heavy (non-hydrogen) atoms. The van der Waals surface area contributed by atoms with E-state index in [2.05, 4.69) is 0 Å². The highest BCUT2D eigenvalue weighted by atomic mass is 19.1. The predicted molar refractivity (Wildman–Crippen MR) is 58.0 cm³/mol. The number of rotatable bonds is 5. The number of Topliss-reactive ketones (excluding diaryl/α,β-unsaturated/α-hetero) is 1. The number of benzene rings is 1. The maximum absolute atomic E-state index is 13.5. The van der Waals surface area contributed by atoms with Crippen LogP contribution in [0.3, 0.4) is 0 Å². The lowest BCUT2D eigenvalue weighted by Crippen LogP contribution is -2.16. The summed E-state index contributed by atoms with van der Waals surface area (Å²) in [5, 5.41) is 0. The van der Waals surface area contributed by atoms with Gasteiger partial charge < -0.3 is 10.5 Å². The summed E-state index contributed by atoms with van der Waals surface area (Å²) in [4.78, 5) is 11.5. The van der Waals surface area contributed by atoms with Gasteiger partial charge in [0.25, 0.3) is 0 Å². The summed E-state index contributed by atoms with van der Waals surface area (Å²) in [7, 11) is 0. The molecule has 1 saturated carbocycles. The molecule has 2 N–H and O–H groups in total. The van der Waals surface area contributed by atoms with Crippen LogP contribution in [0.4, 0.5) is 8.78 Å². The van der Waals surface area contributed by atoms with Gasteiger partial charge in [0.05, 0.1) is 18.7 Å². The van der Waals surface area contributed by atoms with Crippen LogP contribution < -0.4 is 10.5 Å². The molecular weight excluding hydrogens is 228 g/mol. The Morgan fingerprint density at radius 1 is 1.41 bits per heavy atom. The zero-order chi connectivity index (χ0) is 12.4. The number of nitrogens with two attached hydrogens (primary N) is 1. The van der Waals surface area contributed by atoms with Crippen LogP contribution in [0.5, 0.6) is 5.75 Å². The van der Waals surface area contributed by atoms with E-state index in [1.54, 1.807) is 0 Å². The summed E-state index contributed by atoms with van der Waals surface area (Å²) in [6.07, 6.45) is 2.09. The number of hydrogen-bond acceptors (Lipinski definition) is 3. The molecule has 0 heterocycles. The van der Waals surface area contributed by atoms with E-state index >= 15 is 0 Å². The van der Waals surface area contributed by atoms with Crippen LogP contribution in [0.1, 0.15) is 23.2 Å². The van der Waals surface area contributed by atoms with Crippen LogP contribution >= 0.6 is 0 Å². The first kappa shape index (κ1) is 12.0. The Kier molecular flexibility index (Phi) is 3.38. The van der Waals surface area contributed by atoms with Crippen LogP contribution in [0.25, 0.3) is 0 Å². The molecule has 0 spiro atoms. The van der Waals surface area contributed by atoms with E-state index in [-0.39, 0.29) is 17.9 Å². The number of carbonyl (C=O) groups excluding carboxylic acids is 1. The monoisotopic (exact) mass is 241 g/mol. The molecular formula is C12H13F2NO2. The highest BCUT2D eigenvalue weighted by molar-refractivity contribution is 6.00. The smallest absolute Gasteiger partial charge is 0.180 e. The van der Waals surface area contributed by atoms with Gasteiger partial charge in [-0.1, -0.05) is 0 Å². The molecule has 3 nitrogen and oxygen atoms in total. The second kappa shape index (κ2) is 4.79. The molecule has 92 valence electrons. The van der Waals surface area contributed by atoms with Gasteiger partial charge >= 0.3 is 0 Å². The zero-order valence-corrected chi connectivity index (χ0v) is 9.21. The maximum atomic E-state index is 13.5. The molecule has 0 amide bonds. The average molecular weight is 241 g/mol. The van der Waals surface area contributed by atoms with Gasteiger partial charge in [0.15, 0.2) is 17.3 Å². The van der Waals surface area contributed by atoms with Gasteiger partial charge in [0.1, 0.15) is 5.82 Å². The van der Waals surface area contributed by atoms with Crippen molar-refractivity contribution in [1.82, 2.24) is 0 Å². The number of hydrogen-bond donors (Lipinski definition) is 1. The van der Waals surface area contributed by atoms with Crippen molar-refractivity contribution in [2.75, 3.05) is 13.2 Å². The lowest BCUT2D eigenvalue weighted by molar-refractivity contribution is 0.0995. The molecule has 1 aliphatic carbocycles. The SMILES string of the molecule is NCC(=O)c1cc(F)cc(F)c1OCC1CC1. The molecule has 5 heteroatoms. The number of halogens is 2. The Labute approximate surface area is 97.6 Å². The zero-order valence-electron chi connectivity index (χ0n) is 9.21. The third kappa shape index (κ3) is 2.79. The first-order valence-corrected chi connectivity index (χ1v) is 5.47. The van der Waals surface area contributed by atoms with Gasteiger partial charge in [-0.2, -0.15) is 0 Å². The van der Waals surface area contributed by atoms with E-state index in [4.69, 9.17) is 10.5 Å². The van der Waals surface area contributed by atoms with Crippen LogP contribution in [0, 0.1) is 17.6 Å². The normalized spacial score (nSPS) is 14.8. The minimum absolute atomic E-state index is 0.120. The fourth-order valence-corrected chi connectivity index (χ4v) is 1.51. The summed E-state index contributed by atoms with van der Waals surface area (Å²) >= 11 is 0. The van der Waals surface area contributed by atoms with Crippen molar-refractivity contribution in [3.05, 3.63) is 29.3 Å². The fraction of sp³-hybridized carbons (Fsp3) is 0.417. The number of ketones is 1. The quantitative estimate of drug-likeness (QED) is 0.801. The second-order valence-electron chi connectivity index (χ2n) is 4.15. The Morgan fingerprint density at radius 2 is 2.12 bits per heavy atom. The van der Waals surface area contributed by atoms with Gasteiger partial charge in [-0.3, -0.25) is 4.79 Å². The third-order valence-corrected chi connectivity index (χ3v) is 2.65. The third-order valence-electron chi connectivity index (χ3n) is 2.65. The Hall–Kier alpha value is -1.49. The molecule has 0 aliphatic heterocycles. The largest absolute Gasteiger partial charge is 0.489 e. The molecule has 0 saturated heterocycles. The summed E-state index contributed by atoms with van der Waals surface area (Å²) in [5.74, 6) is -1.97. The van der Waals surface area contributed by atoms with Crippen molar-refractivity contribution in [3.8, 4) is 5.75 Å². The molecule has 0 atom stereocenters. The molecule has 0 radical (unpaired) electrons. The predicted octanol–water partition coefficient (Wildman–Crippen LogP) is 1.90. The highest BCUT2D eigenvalue weighted by Crippen LogP contribution is 2.31. The van der Waals surface area contributed by atoms with E-state index in [1.165, 1.54) is 0 Å². The van der Waals surface area contributed by atoms with Crippen molar-refractivity contribution in [1.29, 1.82) is 0 Å². The van der Waals surface area contributed by atoms with Gasteiger partial charge in [0, 0.05) is 6.07 Å². The summed E-state index contributed by atoms with van der Waals surface area (Å²) < 4.78 is 31.8. The number of ether oxygens (including phenoxy) is 1. The molecule has 1 aromatic carbocycles. The van der Waals surface area contributed by atoms with Crippen molar-refractivity contribution >= 4 is 5.78 Å². The van der Waals surface area contributed by atoms with Crippen molar-refractivity contribution < 1.29 is 18.3 Å². The van der Waals surface area contributed by atoms with E-state index < -0.39 is 17.4 Å². The Balaban J connectivity index is 2.28. The summed E-state index contributed by atoms with van der Waals surface area (Å²) in [6.45, 7) is 0.0517. The molecule has 0 bridgehead atoms. The first-order chi connectivity index (χ1) is 8.11. The Bertz CT molecular complexity index is 444. The lowest BCUT2D eigenvalue weighted by Gasteiger charge is -2.11. The lowest BCUT2D eigenvalue weighted by atomic mass is 10.1. The summed E-state index contributed by atoms with van der Waals surface area (Å²) in [6, 6.07) is 1.66. The van der Waals surface area contributed by atoms with Crippen molar-refractivity contribution in [2.24, 2.45) is 11.7 Å². The molecule has 2 rings (SSSR count). The first-order valence-electron chi connectivity index (χ1n) is 5.47. The van der Waals surface area contributed by atoms with Crippen molar-refractivity contribution in [3.63, 3.8) is 0 Å². The maximum Gasteiger partial charge on any atom is 0.180 e. The van der Waals surface area contributed by atoms with Crippen LogP contribution in [0.15, 0.2) is 12.1 Å². The van der Waals surface area contributed by atoms with Gasteiger partial charge in [0.2, 0.25) is 0 Å². The van der Waals surface area contributed by atoms with Gasteiger partial charge in [-0.25, -0.2) is 8.78 Å². The van der Waals surface area contributed by atoms with E-state index in [9.17, 15) is 13.6 Å². The molecule has 1 fully saturated rings. The minimum Gasteiger partial charge on any atom is -0.489 e. The topological polar surface area (TPSA) is 52.3 Å². The standard InChI is InChI=1S/C12H13F2NO2/c13-8-3-9(11(16)5-15)12(10(14)4-8)17-6-7-1-2-7/h3-4,7H,1-2,5-6,15H2. The highest BCUT2D eigenvalue weighted by Gasteiger charge is 2.24. The van der Waals surface area contributed by atoms with E-state index in [0.29, 0.717) is 18.6 Å². The van der Waals surface area contributed by atoms with E-state index in [0.717, 1.165) is 18.9 Å². The fourth-order valence-electron chi connectivity index (χ4n) is 1.51. The van der Waals surface area contributed by atoms with Crippen LogP contribution in [-0.4, -0.2) is 18.9 Å². The van der Waals surface area contributed by atoms with Gasteiger partial charge in [-0.15, -0.1) is 0 Å². The summed E-state index contributed by atoms with van der Waals surface area (Å²) in [5.41, 5.74) is 5.07. The van der Waals surface area contributed by atoms with E-state index in [1.807, 2.05) is 0 Å².